The number of amides is 1. The first-order chi connectivity index (χ1) is 15.6. The van der Waals surface area contributed by atoms with Crippen LogP contribution in [-0.2, 0) is 20.8 Å². The quantitative estimate of drug-likeness (QED) is 0.497. The van der Waals surface area contributed by atoms with Gasteiger partial charge in [0.25, 0.3) is 5.91 Å². The average Bonchev–Trinajstić information content (AvgIpc) is 3.21. The zero-order valence-corrected chi connectivity index (χ0v) is 18.3. The molecule has 1 amide bonds. The fraction of sp³-hybridized carbons (Fsp3) is 0.417. The topological polar surface area (TPSA) is 92.3 Å². The Balaban J connectivity index is 1.52. The van der Waals surface area contributed by atoms with Crippen molar-refractivity contribution in [2.75, 3.05) is 40.6 Å². The zero-order valence-electron chi connectivity index (χ0n) is 18.3. The molecule has 1 saturated heterocycles. The third-order valence-corrected chi connectivity index (χ3v) is 5.73. The van der Waals surface area contributed by atoms with Crippen LogP contribution >= 0.6 is 0 Å². The van der Waals surface area contributed by atoms with Crippen molar-refractivity contribution in [1.29, 1.82) is 0 Å². The Morgan fingerprint density at radius 3 is 2.56 bits per heavy atom. The Morgan fingerprint density at radius 1 is 1.03 bits per heavy atom. The van der Waals surface area contributed by atoms with Gasteiger partial charge in [-0.15, -0.1) is 0 Å². The fourth-order valence-electron chi connectivity index (χ4n) is 4.01. The predicted octanol–water partition coefficient (Wildman–Crippen LogP) is 2.96. The molecule has 2 aliphatic rings. The Kier molecular flexibility index (Phi) is 6.80. The van der Waals surface area contributed by atoms with E-state index < -0.39 is 0 Å². The van der Waals surface area contributed by atoms with Crippen molar-refractivity contribution in [3.8, 4) is 28.4 Å². The summed E-state index contributed by atoms with van der Waals surface area (Å²) in [5.74, 6) is 1.07. The highest BCUT2D eigenvalue weighted by molar-refractivity contribution is 5.99. The average molecular weight is 441 g/mol. The summed E-state index contributed by atoms with van der Waals surface area (Å²) in [6, 6.07) is 9.35. The zero-order chi connectivity index (χ0) is 22.5. The number of fused-ring (bicyclic) bond motifs is 1. The summed E-state index contributed by atoms with van der Waals surface area (Å²) in [6.45, 7) is 1.95. The second-order valence-electron chi connectivity index (χ2n) is 7.63. The van der Waals surface area contributed by atoms with Gasteiger partial charge < -0.3 is 29.0 Å². The van der Waals surface area contributed by atoms with Crippen molar-refractivity contribution < 1.29 is 33.3 Å². The molecule has 1 fully saturated rings. The van der Waals surface area contributed by atoms with Crippen LogP contribution in [0.15, 0.2) is 30.3 Å². The molecule has 8 heteroatoms. The molecule has 0 spiro atoms. The Morgan fingerprint density at radius 2 is 1.81 bits per heavy atom. The van der Waals surface area contributed by atoms with E-state index in [2.05, 4.69) is 5.32 Å². The Bertz CT molecular complexity index is 998. The molecule has 32 heavy (non-hydrogen) atoms. The summed E-state index contributed by atoms with van der Waals surface area (Å²) in [5.41, 5.74) is 3.28. The predicted molar refractivity (Wildman–Crippen MR) is 116 cm³/mol. The molecule has 2 heterocycles. The molecule has 0 atom stereocenters. The minimum absolute atomic E-state index is 0.0679. The van der Waals surface area contributed by atoms with Gasteiger partial charge in [0.1, 0.15) is 13.2 Å². The van der Waals surface area contributed by atoms with Crippen molar-refractivity contribution in [3.05, 3.63) is 41.5 Å². The number of esters is 1. The van der Waals surface area contributed by atoms with E-state index in [4.69, 9.17) is 23.7 Å². The number of hydrogen-bond donors (Lipinski definition) is 1. The maximum Gasteiger partial charge on any atom is 0.309 e. The molecule has 0 aromatic heterocycles. The molecule has 0 unspecified atom stereocenters. The molecule has 2 aliphatic heterocycles. The van der Waals surface area contributed by atoms with E-state index in [1.165, 1.54) is 0 Å². The smallest absolute Gasteiger partial charge is 0.309 e. The van der Waals surface area contributed by atoms with Gasteiger partial charge in [0.2, 0.25) is 5.75 Å². The molecule has 4 rings (SSSR count). The summed E-state index contributed by atoms with van der Waals surface area (Å²) < 4.78 is 27.7. The Hall–Kier alpha value is -3.26. The number of carbonyl (C=O) groups is 2. The second kappa shape index (κ2) is 9.91. The van der Waals surface area contributed by atoms with Crippen molar-refractivity contribution in [2.45, 2.75) is 19.4 Å². The van der Waals surface area contributed by atoms with Gasteiger partial charge in [-0.25, -0.2) is 0 Å². The van der Waals surface area contributed by atoms with E-state index in [1.807, 2.05) is 30.3 Å². The van der Waals surface area contributed by atoms with Gasteiger partial charge in [-0.3, -0.25) is 9.59 Å². The minimum Gasteiger partial charge on any atom is -0.493 e. The van der Waals surface area contributed by atoms with Crippen LogP contribution < -0.4 is 19.5 Å². The van der Waals surface area contributed by atoms with Crippen LogP contribution in [0.1, 0.15) is 28.8 Å². The van der Waals surface area contributed by atoms with Crippen LogP contribution in [0.4, 0.5) is 0 Å². The molecule has 170 valence electrons. The number of ether oxygens (including phenoxy) is 5. The summed E-state index contributed by atoms with van der Waals surface area (Å²) >= 11 is 0. The number of methoxy groups -OCH3 is 2. The van der Waals surface area contributed by atoms with Gasteiger partial charge in [0.15, 0.2) is 11.5 Å². The third-order valence-electron chi connectivity index (χ3n) is 5.73. The molecule has 0 radical (unpaired) electrons. The summed E-state index contributed by atoms with van der Waals surface area (Å²) in [5, 5.41) is 2.83. The lowest BCUT2D eigenvalue weighted by Gasteiger charge is -2.21. The van der Waals surface area contributed by atoms with Gasteiger partial charge in [-0.1, -0.05) is 6.07 Å². The van der Waals surface area contributed by atoms with Gasteiger partial charge in [0.05, 0.1) is 20.1 Å². The first kappa shape index (κ1) is 22.0. The highest BCUT2D eigenvalue weighted by atomic mass is 16.6. The van der Waals surface area contributed by atoms with E-state index in [0.29, 0.717) is 55.4 Å². The maximum atomic E-state index is 12.2. The Labute approximate surface area is 186 Å². The van der Waals surface area contributed by atoms with Crippen LogP contribution in [0.5, 0.6) is 17.2 Å². The molecular formula is C24H27NO7. The minimum atomic E-state index is -0.217. The first-order valence-corrected chi connectivity index (χ1v) is 10.7. The summed E-state index contributed by atoms with van der Waals surface area (Å²) in [7, 11) is 3.11. The lowest BCUT2D eigenvalue weighted by molar-refractivity contribution is -0.152. The molecule has 2 aromatic carbocycles. The van der Waals surface area contributed by atoms with Crippen LogP contribution in [-0.4, -0.2) is 52.5 Å². The van der Waals surface area contributed by atoms with Crippen LogP contribution in [0.3, 0.4) is 0 Å². The SMILES string of the molecule is COc1ccc(-c2ccc3c(c2)CNC3=O)c(OCCOC(=O)C2CCOCC2)c1OC. The monoisotopic (exact) mass is 441 g/mol. The van der Waals surface area contributed by atoms with E-state index >= 15 is 0 Å². The van der Waals surface area contributed by atoms with Crippen LogP contribution in [0, 0.1) is 5.92 Å². The number of carbonyl (C=O) groups excluding carboxylic acids is 2. The first-order valence-electron chi connectivity index (χ1n) is 10.7. The molecule has 0 saturated carbocycles. The normalized spacial score (nSPS) is 15.6. The number of nitrogens with one attached hydrogen (secondary N) is 1. The molecule has 2 aromatic rings. The van der Waals surface area contributed by atoms with E-state index in [9.17, 15) is 9.59 Å². The number of benzene rings is 2. The molecule has 8 nitrogen and oxygen atoms in total. The van der Waals surface area contributed by atoms with E-state index in [0.717, 1.165) is 16.7 Å². The molecule has 0 bridgehead atoms. The molecule has 1 N–H and O–H groups in total. The van der Waals surface area contributed by atoms with Gasteiger partial charge in [-0.05, 0) is 48.2 Å². The highest BCUT2D eigenvalue weighted by Gasteiger charge is 2.24. The summed E-state index contributed by atoms with van der Waals surface area (Å²) in [6.07, 6.45) is 1.37. The van der Waals surface area contributed by atoms with E-state index in [-0.39, 0.29) is 31.0 Å². The van der Waals surface area contributed by atoms with Crippen LogP contribution in [0.25, 0.3) is 11.1 Å². The van der Waals surface area contributed by atoms with Crippen molar-refractivity contribution in [2.24, 2.45) is 5.92 Å². The lowest BCUT2D eigenvalue weighted by atomic mass is 9.99. The number of hydrogen-bond acceptors (Lipinski definition) is 7. The molecular weight excluding hydrogens is 414 g/mol. The summed E-state index contributed by atoms with van der Waals surface area (Å²) in [4.78, 5) is 24.1. The van der Waals surface area contributed by atoms with Gasteiger partial charge in [0, 0.05) is 30.9 Å². The standard InChI is InChI=1S/C24H27NO7/c1-28-20-6-5-18(16-3-4-19-17(13-16)14-25-23(19)26)21(22(20)29-2)31-11-12-32-24(27)15-7-9-30-10-8-15/h3-6,13,15H,7-12,14H2,1-2H3,(H,25,26). The van der Waals surface area contributed by atoms with Crippen LogP contribution in [0.2, 0.25) is 0 Å². The third kappa shape index (κ3) is 4.50. The molecule has 0 aliphatic carbocycles. The van der Waals surface area contributed by atoms with E-state index in [1.54, 1.807) is 14.2 Å². The largest absolute Gasteiger partial charge is 0.493 e. The lowest BCUT2D eigenvalue weighted by Crippen LogP contribution is -2.26. The van der Waals surface area contributed by atoms with Gasteiger partial charge in [-0.2, -0.15) is 0 Å². The van der Waals surface area contributed by atoms with Crippen molar-refractivity contribution in [1.82, 2.24) is 5.32 Å². The fourth-order valence-corrected chi connectivity index (χ4v) is 4.01. The number of rotatable bonds is 8. The highest BCUT2D eigenvalue weighted by Crippen LogP contribution is 2.45. The maximum absolute atomic E-state index is 12.2. The second-order valence-corrected chi connectivity index (χ2v) is 7.63. The van der Waals surface area contributed by atoms with Crippen molar-refractivity contribution >= 4 is 11.9 Å². The van der Waals surface area contributed by atoms with Crippen molar-refractivity contribution in [3.63, 3.8) is 0 Å². The van der Waals surface area contributed by atoms with Gasteiger partial charge >= 0.3 is 5.97 Å².